The predicted octanol–water partition coefficient (Wildman–Crippen LogP) is 1.54. The van der Waals surface area contributed by atoms with E-state index in [-0.39, 0.29) is 0 Å². The number of aryl methyl sites for hydroxylation is 1. The molecular weight excluding hydrogens is 323 g/mol. The van der Waals surface area contributed by atoms with E-state index in [1.54, 1.807) is 12.1 Å². The summed E-state index contributed by atoms with van der Waals surface area (Å²) in [7, 11) is 0. The Hall–Kier alpha value is -0.950. The van der Waals surface area contributed by atoms with Gasteiger partial charge in [-0.3, -0.25) is 0 Å². The van der Waals surface area contributed by atoms with Crippen molar-refractivity contribution in [1.82, 2.24) is 0 Å². The number of rotatable bonds is 5. The Kier molecular flexibility index (Phi) is 4.88. The van der Waals surface area contributed by atoms with Crippen LogP contribution < -0.4 is 0 Å². The molecular formula is C11H11IO4. The Bertz CT molecular complexity index is 403. The van der Waals surface area contributed by atoms with Crippen molar-refractivity contribution in [2.75, 3.05) is 0 Å². The summed E-state index contributed by atoms with van der Waals surface area (Å²) in [5, 5.41) is 18.3. The molecule has 0 radical (unpaired) electrons. The van der Waals surface area contributed by atoms with Crippen LogP contribution in [0.2, 0.25) is 0 Å². The highest BCUT2D eigenvalue weighted by atomic mass is 127. The van der Waals surface area contributed by atoms with Crippen LogP contribution in [0.1, 0.15) is 23.7 Å². The number of aliphatic hydroxyl groups is 1. The molecule has 1 aromatic rings. The number of halogens is 1. The molecule has 0 aliphatic carbocycles. The predicted molar refractivity (Wildman–Crippen MR) is 66.1 cm³/mol. The number of hydrogen-bond donors (Lipinski definition) is 2. The molecule has 0 amide bonds. The number of aldehydes is 1. The zero-order chi connectivity index (χ0) is 12.1. The number of benzene rings is 1. The Labute approximate surface area is 106 Å². The van der Waals surface area contributed by atoms with Crippen LogP contribution >= 0.6 is 22.6 Å². The standard InChI is InChI=1S/C11H11IO4/c12-8-4-3-7(2-1-5-13)9(6-8)10(14)11(15)16/h3-6,10,14H,1-2H2,(H,15,16). The van der Waals surface area contributed by atoms with E-state index < -0.39 is 12.1 Å². The highest BCUT2D eigenvalue weighted by Crippen LogP contribution is 2.22. The molecule has 1 rings (SSSR count). The summed E-state index contributed by atoms with van der Waals surface area (Å²) < 4.78 is 0.850. The second kappa shape index (κ2) is 5.95. The van der Waals surface area contributed by atoms with E-state index in [2.05, 4.69) is 0 Å². The first-order valence-electron chi connectivity index (χ1n) is 4.69. The molecule has 0 heterocycles. The minimum absolute atomic E-state index is 0.319. The fourth-order valence-electron chi connectivity index (χ4n) is 1.40. The molecule has 0 spiro atoms. The van der Waals surface area contributed by atoms with Crippen LogP contribution in [0.4, 0.5) is 0 Å². The molecule has 1 unspecified atom stereocenters. The maximum Gasteiger partial charge on any atom is 0.337 e. The normalized spacial score (nSPS) is 12.1. The third kappa shape index (κ3) is 3.28. The number of hydrogen-bond acceptors (Lipinski definition) is 3. The van der Waals surface area contributed by atoms with Crippen LogP contribution in [0, 0.1) is 3.57 Å². The molecule has 5 heteroatoms. The van der Waals surface area contributed by atoms with Crippen LogP contribution in [0.15, 0.2) is 18.2 Å². The first-order chi connectivity index (χ1) is 7.56. The summed E-state index contributed by atoms with van der Waals surface area (Å²) in [4.78, 5) is 21.0. The monoisotopic (exact) mass is 334 g/mol. The van der Waals surface area contributed by atoms with Crippen molar-refractivity contribution in [3.63, 3.8) is 0 Å². The van der Waals surface area contributed by atoms with Gasteiger partial charge in [-0.05, 0) is 52.3 Å². The second-order valence-electron chi connectivity index (χ2n) is 3.29. The molecule has 0 fully saturated rings. The molecule has 86 valence electrons. The topological polar surface area (TPSA) is 74.6 Å². The third-order valence-electron chi connectivity index (χ3n) is 2.17. The van der Waals surface area contributed by atoms with Gasteiger partial charge in [0.1, 0.15) is 6.29 Å². The van der Waals surface area contributed by atoms with E-state index >= 15 is 0 Å². The Morgan fingerprint density at radius 2 is 2.19 bits per heavy atom. The highest BCUT2D eigenvalue weighted by Gasteiger charge is 2.19. The zero-order valence-electron chi connectivity index (χ0n) is 8.39. The summed E-state index contributed by atoms with van der Waals surface area (Å²) in [5.74, 6) is -1.28. The summed E-state index contributed by atoms with van der Waals surface area (Å²) in [5.41, 5.74) is 1.06. The van der Waals surface area contributed by atoms with E-state index in [1.807, 2.05) is 28.7 Å². The lowest BCUT2D eigenvalue weighted by Crippen LogP contribution is -2.13. The van der Waals surface area contributed by atoms with Crippen LogP contribution in [0.3, 0.4) is 0 Å². The Balaban J connectivity index is 3.06. The zero-order valence-corrected chi connectivity index (χ0v) is 10.5. The molecule has 0 bridgehead atoms. The second-order valence-corrected chi connectivity index (χ2v) is 4.53. The first-order valence-corrected chi connectivity index (χ1v) is 5.77. The fourth-order valence-corrected chi connectivity index (χ4v) is 1.91. The third-order valence-corrected chi connectivity index (χ3v) is 2.84. The maximum absolute atomic E-state index is 10.7. The van der Waals surface area contributed by atoms with Crippen molar-refractivity contribution >= 4 is 34.8 Å². The molecule has 0 aliphatic rings. The van der Waals surface area contributed by atoms with Gasteiger partial charge in [-0.1, -0.05) is 6.07 Å². The minimum Gasteiger partial charge on any atom is -0.479 e. The highest BCUT2D eigenvalue weighted by molar-refractivity contribution is 14.1. The number of aliphatic hydroxyl groups excluding tert-OH is 1. The molecule has 16 heavy (non-hydrogen) atoms. The quantitative estimate of drug-likeness (QED) is 0.633. The lowest BCUT2D eigenvalue weighted by molar-refractivity contribution is -0.147. The summed E-state index contributed by atoms with van der Waals surface area (Å²) in [6.45, 7) is 0. The minimum atomic E-state index is -1.53. The van der Waals surface area contributed by atoms with Crippen molar-refractivity contribution in [2.24, 2.45) is 0 Å². The lowest BCUT2D eigenvalue weighted by Gasteiger charge is -2.12. The Morgan fingerprint density at radius 1 is 1.50 bits per heavy atom. The largest absolute Gasteiger partial charge is 0.479 e. The van der Waals surface area contributed by atoms with Gasteiger partial charge in [0.15, 0.2) is 6.10 Å². The number of carboxylic acids is 1. The summed E-state index contributed by atoms with van der Waals surface area (Å²) in [6.07, 6.45) is 0.00549. The SMILES string of the molecule is O=CCCc1ccc(I)cc1C(O)C(=O)O. The van der Waals surface area contributed by atoms with Crippen molar-refractivity contribution in [3.8, 4) is 0 Å². The Morgan fingerprint density at radius 3 is 2.75 bits per heavy atom. The lowest BCUT2D eigenvalue weighted by atomic mass is 9.99. The first kappa shape index (κ1) is 13.1. The smallest absolute Gasteiger partial charge is 0.337 e. The number of aliphatic carboxylic acids is 1. The van der Waals surface area contributed by atoms with E-state index in [0.29, 0.717) is 24.0 Å². The van der Waals surface area contributed by atoms with Gasteiger partial charge in [0.2, 0.25) is 0 Å². The molecule has 0 saturated carbocycles. The van der Waals surface area contributed by atoms with Gasteiger partial charge >= 0.3 is 5.97 Å². The van der Waals surface area contributed by atoms with Crippen molar-refractivity contribution in [1.29, 1.82) is 0 Å². The van der Waals surface area contributed by atoms with Crippen LogP contribution in [-0.4, -0.2) is 22.5 Å². The van der Waals surface area contributed by atoms with Crippen molar-refractivity contribution in [3.05, 3.63) is 32.9 Å². The number of carboxylic acid groups (broad SMARTS) is 1. The van der Waals surface area contributed by atoms with E-state index in [9.17, 15) is 14.7 Å². The average Bonchev–Trinajstić information content (AvgIpc) is 2.26. The van der Waals surface area contributed by atoms with Gasteiger partial charge in [0.25, 0.3) is 0 Å². The van der Waals surface area contributed by atoms with Crippen LogP contribution in [0.25, 0.3) is 0 Å². The molecule has 0 aliphatic heterocycles. The van der Waals surface area contributed by atoms with E-state index in [0.717, 1.165) is 9.86 Å². The molecule has 1 atom stereocenters. The van der Waals surface area contributed by atoms with Gasteiger partial charge in [-0.15, -0.1) is 0 Å². The van der Waals surface area contributed by atoms with Gasteiger partial charge < -0.3 is 15.0 Å². The number of carbonyl (C=O) groups is 2. The van der Waals surface area contributed by atoms with E-state index in [1.165, 1.54) is 0 Å². The summed E-state index contributed by atoms with van der Waals surface area (Å²) >= 11 is 2.04. The molecule has 2 N–H and O–H groups in total. The fraction of sp³-hybridized carbons (Fsp3) is 0.273. The summed E-state index contributed by atoms with van der Waals surface area (Å²) in [6, 6.07) is 5.19. The molecule has 0 saturated heterocycles. The molecule has 4 nitrogen and oxygen atoms in total. The van der Waals surface area contributed by atoms with Gasteiger partial charge in [0.05, 0.1) is 0 Å². The average molecular weight is 334 g/mol. The maximum atomic E-state index is 10.7. The molecule has 0 aromatic heterocycles. The van der Waals surface area contributed by atoms with Gasteiger partial charge in [-0.25, -0.2) is 4.79 Å². The van der Waals surface area contributed by atoms with Gasteiger partial charge in [0, 0.05) is 9.99 Å². The van der Waals surface area contributed by atoms with E-state index in [4.69, 9.17) is 5.11 Å². The van der Waals surface area contributed by atoms with Gasteiger partial charge in [-0.2, -0.15) is 0 Å². The molecule has 1 aromatic carbocycles. The van der Waals surface area contributed by atoms with Crippen LogP contribution in [0.5, 0.6) is 0 Å². The van der Waals surface area contributed by atoms with Crippen LogP contribution in [-0.2, 0) is 16.0 Å². The number of carbonyl (C=O) groups excluding carboxylic acids is 1. The van der Waals surface area contributed by atoms with Crippen molar-refractivity contribution in [2.45, 2.75) is 18.9 Å². The van der Waals surface area contributed by atoms with Crippen molar-refractivity contribution < 1.29 is 19.8 Å².